The zero-order valence-electron chi connectivity index (χ0n) is 14.0. The smallest absolute Gasteiger partial charge is 0.0945 e. The Morgan fingerprint density at radius 3 is 1.95 bits per heavy atom. The average Bonchev–Trinajstić information content (AvgIpc) is 2.97. The van der Waals surface area contributed by atoms with Crippen molar-refractivity contribution in [3.05, 3.63) is 35.4 Å². The van der Waals surface area contributed by atoms with Crippen molar-refractivity contribution in [2.75, 3.05) is 0 Å². The largest absolute Gasteiger partial charge is 0.387 e. The molecule has 0 spiro atoms. The van der Waals surface area contributed by atoms with E-state index < -0.39 is 6.10 Å². The van der Waals surface area contributed by atoms with E-state index in [0.29, 0.717) is 17.9 Å². The number of aliphatic hydroxyl groups is 1. The van der Waals surface area contributed by atoms with E-state index in [-0.39, 0.29) is 6.04 Å². The molecule has 0 amide bonds. The summed E-state index contributed by atoms with van der Waals surface area (Å²) >= 11 is 0. The highest BCUT2D eigenvalue weighted by molar-refractivity contribution is 5.27. The zero-order valence-corrected chi connectivity index (χ0v) is 14.0. The lowest BCUT2D eigenvalue weighted by Gasteiger charge is -2.31. The van der Waals surface area contributed by atoms with Crippen LogP contribution in [-0.2, 0) is 0 Å². The first kappa shape index (κ1) is 16.5. The molecule has 0 aromatic heterocycles. The van der Waals surface area contributed by atoms with Gasteiger partial charge >= 0.3 is 0 Å². The summed E-state index contributed by atoms with van der Waals surface area (Å²) in [6.07, 6.45) is 4.72. The van der Waals surface area contributed by atoms with Crippen LogP contribution in [0.5, 0.6) is 0 Å². The Morgan fingerprint density at radius 2 is 1.48 bits per heavy atom. The third-order valence-electron chi connectivity index (χ3n) is 4.79. The van der Waals surface area contributed by atoms with Crippen molar-refractivity contribution in [3.8, 4) is 0 Å². The van der Waals surface area contributed by atoms with Gasteiger partial charge in [0, 0.05) is 12.1 Å². The molecule has 1 aromatic rings. The van der Waals surface area contributed by atoms with Gasteiger partial charge in [-0.3, -0.25) is 0 Å². The van der Waals surface area contributed by atoms with Gasteiger partial charge in [-0.1, -0.05) is 64.8 Å². The van der Waals surface area contributed by atoms with Crippen molar-refractivity contribution in [1.82, 2.24) is 5.32 Å². The van der Waals surface area contributed by atoms with Gasteiger partial charge in [0.05, 0.1) is 6.10 Å². The molecule has 1 fully saturated rings. The van der Waals surface area contributed by atoms with Crippen LogP contribution >= 0.6 is 0 Å². The minimum absolute atomic E-state index is 0.137. The Morgan fingerprint density at radius 1 is 0.952 bits per heavy atom. The summed E-state index contributed by atoms with van der Waals surface area (Å²) in [4.78, 5) is 0. The quantitative estimate of drug-likeness (QED) is 0.813. The van der Waals surface area contributed by atoms with Crippen molar-refractivity contribution in [3.63, 3.8) is 0 Å². The molecule has 1 aromatic carbocycles. The van der Waals surface area contributed by atoms with Gasteiger partial charge in [-0.05, 0) is 35.8 Å². The van der Waals surface area contributed by atoms with E-state index in [0.717, 1.165) is 5.56 Å². The predicted molar refractivity (Wildman–Crippen MR) is 89.5 cm³/mol. The van der Waals surface area contributed by atoms with Crippen molar-refractivity contribution in [1.29, 1.82) is 0 Å². The van der Waals surface area contributed by atoms with Gasteiger partial charge in [0.1, 0.15) is 0 Å². The van der Waals surface area contributed by atoms with Crippen LogP contribution in [-0.4, -0.2) is 17.2 Å². The highest BCUT2D eigenvalue weighted by atomic mass is 16.3. The standard InChI is InChI=1S/C19H31NO/c1-13(2)15-9-11-16(12-10-15)19(21)18(14(3)4)20-17-7-5-6-8-17/h9-14,17-21H,5-8H2,1-4H3. The predicted octanol–water partition coefficient (Wildman–Crippen LogP) is 4.40. The lowest BCUT2D eigenvalue weighted by Crippen LogP contribution is -2.44. The second-order valence-corrected chi connectivity index (χ2v) is 7.18. The highest BCUT2D eigenvalue weighted by Gasteiger charge is 2.27. The number of rotatable bonds is 6. The van der Waals surface area contributed by atoms with E-state index in [1.807, 2.05) is 0 Å². The monoisotopic (exact) mass is 289 g/mol. The fourth-order valence-corrected chi connectivity index (χ4v) is 3.30. The van der Waals surface area contributed by atoms with Gasteiger partial charge in [-0.25, -0.2) is 0 Å². The van der Waals surface area contributed by atoms with Gasteiger partial charge in [0.25, 0.3) is 0 Å². The lowest BCUT2D eigenvalue weighted by molar-refractivity contribution is 0.0980. The maximum absolute atomic E-state index is 10.8. The first-order valence-electron chi connectivity index (χ1n) is 8.53. The molecule has 2 unspecified atom stereocenters. The molecular formula is C19H31NO. The van der Waals surface area contributed by atoms with Crippen LogP contribution in [0.3, 0.4) is 0 Å². The van der Waals surface area contributed by atoms with Gasteiger partial charge in [0.15, 0.2) is 0 Å². The van der Waals surface area contributed by atoms with Gasteiger partial charge in [0.2, 0.25) is 0 Å². The van der Waals surface area contributed by atoms with E-state index in [9.17, 15) is 5.11 Å². The first-order chi connectivity index (χ1) is 9.99. The Balaban J connectivity index is 2.07. The van der Waals surface area contributed by atoms with E-state index in [1.54, 1.807) is 0 Å². The van der Waals surface area contributed by atoms with Crippen LogP contribution in [0, 0.1) is 5.92 Å². The van der Waals surface area contributed by atoms with E-state index in [1.165, 1.54) is 31.2 Å². The number of benzene rings is 1. The van der Waals surface area contributed by atoms with Crippen LogP contribution in [0.4, 0.5) is 0 Å². The fraction of sp³-hybridized carbons (Fsp3) is 0.684. The third-order valence-corrected chi connectivity index (χ3v) is 4.79. The third kappa shape index (κ3) is 4.31. The molecule has 2 N–H and O–H groups in total. The normalized spacial score (nSPS) is 19.4. The van der Waals surface area contributed by atoms with Crippen molar-refractivity contribution >= 4 is 0 Å². The second-order valence-electron chi connectivity index (χ2n) is 7.18. The van der Waals surface area contributed by atoms with Crippen LogP contribution in [0.1, 0.15) is 76.5 Å². The minimum atomic E-state index is -0.424. The van der Waals surface area contributed by atoms with E-state index >= 15 is 0 Å². The highest BCUT2D eigenvalue weighted by Crippen LogP contribution is 2.27. The van der Waals surface area contributed by atoms with Gasteiger partial charge in [-0.2, -0.15) is 0 Å². The molecule has 2 heteroatoms. The second kappa shape index (κ2) is 7.42. The lowest BCUT2D eigenvalue weighted by atomic mass is 9.91. The number of nitrogens with one attached hydrogen (secondary N) is 1. The maximum atomic E-state index is 10.8. The summed E-state index contributed by atoms with van der Waals surface area (Å²) in [5.41, 5.74) is 2.36. The average molecular weight is 289 g/mol. The van der Waals surface area contributed by atoms with Crippen molar-refractivity contribution < 1.29 is 5.11 Å². The van der Waals surface area contributed by atoms with E-state index in [4.69, 9.17) is 0 Å². The van der Waals surface area contributed by atoms with Crippen LogP contribution < -0.4 is 5.32 Å². The molecule has 0 aliphatic heterocycles. The van der Waals surface area contributed by atoms with Crippen molar-refractivity contribution in [2.45, 2.75) is 77.5 Å². The molecule has 0 bridgehead atoms. The molecule has 1 aliphatic rings. The molecule has 21 heavy (non-hydrogen) atoms. The SMILES string of the molecule is CC(C)c1ccc(C(O)C(NC2CCCC2)C(C)C)cc1. The van der Waals surface area contributed by atoms with Gasteiger partial charge < -0.3 is 10.4 Å². The Bertz CT molecular complexity index is 418. The molecule has 1 saturated carbocycles. The zero-order chi connectivity index (χ0) is 15.4. The summed E-state index contributed by atoms with van der Waals surface area (Å²) in [5.74, 6) is 0.957. The Hall–Kier alpha value is -0.860. The topological polar surface area (TPSA) is 32.3 Å². The number of hydrogen-bond acceptors (Lipinski definition) is 2. The number of aliphatic hydroxyl groups excluding tert-OH is 1. The summed E-state index contributed by atoms with van der Waals surface area (Å²) in [6.45, 7) is 8.78. The molecular weight excluding hydrogens is 258 g/mol. The van der Waals surface area contributed by atoms with Crippen LogP contribution in [0.25, 0.3) is 0 Å². The molecule has 118 valence electrons. The molecule has 2 rings (SSSR count). The number of hydrogen-bond donors (Lipinski definition) is 2. The molecule has 1 aliphatic carbocycles. The van der Waals surface area contributed by atoms with E-state index in [2.05, 4.69) is 57.3 Å². The van der Waals surface area contributed by atoms with Crippen molar-refractivity contribution in [2.24, 2.45) is 5.92 Å². The van der Waals surface area contributed by atoms with Crippen LogP contribution in [0.2, 0.25) is 0 Å². The molecule has 0 radical (unpaired) electrons. The molecule has 0 heterocycles. The summed E-state index contributed by atoms with van der Waals surface area (Å²) in [6, 6.07) is 9.20. The maximum Gasteiger partial charge on any atom is 0.0945 e. The minimum Gasteiger partial charge on any atom is -0.387 e. The Labute approximate surface area is 130 Å². The fourth-order valence-electron chi connectivity index (χ4n) is 3.30. The molecule has 0 saturated heterocycles. The first-order valence-corrected chi connectivity index (χ1v) is 8.53. The summed E-state index contributed by atoms with van der Waals surface area (Å²) in [5, 5.41) is 14.5. The van der Waals surface area contributed by atoms with Crippen LogP contribution in [0.15, 0.2) is 24.3 Å². The molecule has 2 atom stereocenters. The van der Waals surface area contributed by atoms with Gasteiger partial charge in [-0.15, -0.1) is 0 Å². The summed E-state index contributed by atoms with van der Waals surface area (Å²) in [7, 11) is 0. The Kier molecular flexibility index (Phi) is 5.83. The molecule has 2 nitrogen and oxygen atoms in total. The summed E-state index contributed by atoms with van der Waals surface area (Å²) < 4.78 is 0.